The summed E-state index contributed by atoms with van der Waals surface area (Å²) in [6, 6.07) is 0.261. The van der Waals surface area contributed by atoms with Crippen molar-refractivity contribution >= 4 is 5.95 Å². The van der Waals surface area contributed by atoms with Gasteiger partial charge in [-0.05, 0) is 20.3 Å². The van der Waals surface area contributed by atoms with Crippen molar-refractivity contribution in [2.75, 3.05) is 12.3 Å². The fourth-order valence-corrected chi connectivity index (χ4v) is 1.65. The lowest BCUT2D eigenvalue weighted by atomic mass is 10.3. The lowest BCUT2D eigenvalue weighted by Crippen LogP contribution is -2.06. The van der Waals surface area contributed by atoms with Crippen molar-refractivity contribution < 1.29 is 9.47 Å². The van der Waals surface area contributed by atoms with Gasteiger partial charge in [0.05, 0.1) is 12.3 Å². The van der Waals surface area contributed by atoms with E-state index in [1.807, 2.05) is 27.8 Å². The smallest absolute Gasteiger partial charge is 0.330 e. The highest BCUT2D eigenvalue weighted by Crippen LogP contribution is 2.26. The molecular formula is C12H18N6O2. The van der Waals surface area contributed by atoms with Crippen molar-refractivity contribution in [3.8, 4) is 17.8 Å². The first-order valence-corrected chi connectivity index (χ1v) is 6.33. The maximum absolute atomic E-state index is 5.66. The lowest BCUT2D eigenvalue weighted by Gasteiger charge is -2.07. The molecule has 0 bridgehead atoms. The Labute approximate surface area is 117 Å². The molecule has 0 spiro atoms. The minimum Gasteiger partial charge on any atom is -0.463 e. The summed E-state index contributed by atoms with van der Waals surface area (Å²) >= 11 is 0. The van der Waals surface area contributed by atoms with Gasteiger partial charge in [0.1, 0.15) is 5.69 Å². The number of aryl methyl sites for hydroxylation is 2. The third kappa shape index (κ3) is 2.95. The quantitative estimate of drug-likeness (QED) is 0.881. The fourth-order valence-electron chi connectivity index (χ4n) is 1.65. The number of hydrogen-bond donors (Lipinski definition) is 1. The summed E-state index contributed by atoms with van der Waals surface area (Å²) < 4.78 is 12.7. The van der Waals surface area contributed by atoms with E-state index in [9.17, 15) is 0 Å². The second-order valence-electron chi connectivity index (χ2n) is 4.33. The molecule has 2 aromatic heterocycles. The number of hydrogen-bond acceptors (Lipinski definition) is 7. The van der Waals surface area contributed by atoms with Gasteiger partial charge in [0, 0.05) is 7.05 Å². The standard InChI is InChI=1S/C12H18N6O2/c1-5-6-19-11-14-10(13)15-12(16-11)20-9-7(2)17-18(4)8(9)3/h5-6H2,1-4H3,(H2,13,14,15,16). The second-order valence-corrected chi connectivity index (χ2v) is 4.33. The highest BCUT2D eigenvalue weighted by Gasteiger charge is 2.15. The van der Waals surface area contributed by atoms with Crippen molar-refractivity contribution in [1.29, 1.82) is 0 Å². The first kappa shape index (κ1) is 14.0. The molecule has 0 radical (unpaired) electrons. The molecule has 0 aliphatic rings. The number of anilines is 1. The number of aromatic nitrogens is 5. The van der Waals surface area contributed by atoms with Crippen molar-refractivity contribution in [2.24, 2.45) is 7.05 Å². The number of nitrogen functional groups attached to an aromatic ring is 1. The van der Waals surface area contributed by atoms with Gasteiger partial charge in [-0.3, -0.25) is 4.68 Å². The molecule has 0 fully saturated rings. The highest BCUT2D eigenvalue weighted by atomic mass is 16.5. The zero-order valence-electron chi connectivity index (χ0n) is 12.0. The van der Waals surface area contributed by atoms with Crippen LogP contribution in [0.5, 0.6) is 17.8 Å². The van der Waals surface area contributed by atoms with Crippen LogP contribution in [0.15, 0.2) is 0 Å². The van der Waals surface area contributed by atoms with E-state index in [4.69, 9.17) is 15.2 Å². The van der Waals surface area contributed by atoms with E-state index < -0.39 is 0 Å². The molecule has 2 rings (SSSR count). The molecule has 0 atom stereocenters. The zero-order chi connectivity index (χ0) is 14.7. The number of rotatable bonds is 5. The van der Waals surface area contributed by atoms with E-state index in [2.05, 4.69) is 20.1 Å². The molecule has 0 aromatic carbocycles. The number of ether oxygens (including phenoxy) is 2. The number of nitrogens with two attached hydrogens (primary N) is 1. The van der Waals surface area contributed by atoms with Crippen LogP contribution in [-0.2, 0) is 7.05 Å². The van der Waals surface area contributed by atoms with Gasteiger partial charge in [0.15, 0.2) is 5.75 Å². The Balaban J connectivity index is 2.26. The minimum atomic E-state index is 0.0558. The maximum Gasteiger partial charge on any atom is 0.330 e. The molecule has 20 heavy (non-hydrogen) atoms. The summed E-state index contributed by atoms with van der Waals surface area (Å²) in [6.45, 7) is 6.24. The van der Waals surface area contributed by atoms with Crippen molar-refractivity contribution in [2.45, 2.75) is 27.2 Å². The van der Waals surface area contributed by atoms with Crippen LogP contribution in [0, 0.1) is 13.8 Å². The molecule has 0 amide bonds. The predicted molar refractivity (Wildman–Crippen MR) is 72.8 cm³/mol. The number of nitrogens with zero attached hydrogens (tertiary/aromatic N) is 5. The van der Waals surface area contributed by atoms with Gasteiger partial charge >= 0.3 is 12.0 Å². The van der Waals surface area contributed by atoms with E-state index >= 15 is 0 Å². The molecule has 108 valence electrons. The van der Waals surface area contributed by atoms with Gasteiger partial charge in [0.2, 0.25) is 5.95 Å². The molecule has 2 N–H and O–H groups in total. The van der Waals surface area contributed by atoms with Gasteiger partial charge in [-0.25, -0.2) is 0 Å². The molecule has 0 aliphatic heterocycles. The Hall–Kier alpha value is -2.38. The molecule has 0 saturated carbocycles. The minimum absolute atomic E-state index is 0.0558. The monoisotopic (exact) mass is 278 g/mol. The molecule has 2 heterocycles. The average molecular weight is 278 g/mol. The van der Waals surface area contributed by atoms with Crippen LogP contribution in [0.3, 0.4) is 0 Å². The lowest BCUT2D eigenvalue weighted by molar-refractivity contribution is 0.285. The summed E-state index contributed by atoms with van der Waals surface area (Å²) in [4.78, 5) is 11.9. The van der Waals surface area contributed by atoms with Gasteiger partial charge in [-0.15, -0.1) is 4.98 Å². The van der Waals surface area contributed by atoms with Gasteiger partial charge in [-0.1, -0.05) is 6.92 Å². The first-order chi connectivity index (χ1) is 9.51. The largest absolute Gasteiger partial charge is 0.463 e. The van der Waals surface area contributed by atoms with Crippen LogP contribution < -0.4 is 15.2 Å². The van der Waals surface area contributed by atoms with E-state index in [0.29, 0.717) is 12.4 Å². The zero-order valence-corrected chi connectivity index (χ0v) is 12.0. The summed E-state index contributed by atoms with van der Waals surface area (Å²) in [7, 11) is 1.84. The Morgan fingerprint density at radius 3 is 2.45 bits per heavy atom. The van der Waals surface area contributed by atoms with Gasteiger partial charge < -0.3 is 15.2 Å². The van der Waals surface area contributed by atoms with Crippen LogP contribution in [0.25, 0.3) is 0 Å². The van der Waals surface area contributed by atoms with Crippen LogP contribution in [-0.4, -0.2) is 31.3 Å². The molecule has 2 aromatic rings. The van der Waals surface area contributed by atoms with Gasteiger partial charge in [-0.2, -0.15) is 15.1 Å². The third-order valence-corrected chi connectivity index (χ3v) is 2.68. The Morgan fingerprint density at radius 1 is 1.15 bits per heavy atom. The maximum atomic E-state index is 5.66. The van der Waals surface area contributed by atoms with E-state index in [0.717, 1.165) is 17.8 Å². The molecule has 8 nitrogen and oxygen atoms in total. The molecule has 0 unspecified atom stereocenters. The van der Waals surface area contributed by atoms with Crippen molar-refractivity contribution in [1.82, 2.24) is 24.7 Å². The van der Waals surface area contributed by atoms with Crippen LogP contribution in [0.1, 0.15) is 24.7 Å². The van der Waals surface area contributed by atoms with Crippen molar-refractivity contribution in [3.05, 3.63) is 11.4 Å². The molecule has 0 saturated heterocycles. The average Bonchev–Trinajstić information content (AvgIpc) is 2.62. The van der Waals surface area contributed by atoms with Crippen molar-refractivity contribution in [3.63, 3.8) is 0 Å². The topological polar surface area (TPSA) is 101 Å². The highest BCUT2D eigenvalue weighted by molar-refractivity contribution is 5.34. The Bertz CT molecular complexity index is 610. The Kier molecular flexibility index (Phi) is 4.02. The SMILES string of the molecule is CCCOc1nc(N)nc(Oc2c(C)nn(C)c2C)n1. The van der Waals surface area contributed by atoms with E-state index in [1.54, 1.807) is 4.68 Å². The first-order valence-electron chi connectivity index (χ1n) is 6.33. The Morgan fingerprint density at radius 2 is 1.85 bits per heavy atom. The van der Waals surface area contributed by atoms with Crippen LogP contribution in [0.2, 0.25) is 0 Å². The summed E-state index contributed by atoms with van der Waals surface area (Å²) in [5.74, 6) is 0.667. The summed E-state index contributed by atoms with van der Waals surface area (Å²) in [5, 5.41) is 4.26. The molecule has 8 heteroatoms. The summed E-state index contributed by atoms with van der Waals surface area (Å²) in [6.07, 6.45) is 0.850. The normalized spacial score (nSPS) is 10.6. The predicted octanol–water partition coefficient (Wildman–Crippen LogP) is 1.39. The molecule has 0 aliphatic carbocycles. The summed E-state index contributed by atoms with van der Waals surface area (Å²) in [5.41, 5.74) is 7.25. The van der Waals surface area contributed by atoms with Gasteiger partial charge in [0.25, 0.3) is 0 Å². The third-order valence-electron chi connectivity index (χ3n) is 2.68. The molecular weight excluding hydrogens is 260 g/mol. The fraction of sp³-hybridized carbons (Fsp3) is 0.500. The van der Waals surface area contributed by atoms with Crippen LogP contribution >= 0.6 is 0 Å². The van der Waals surface area contributed by atoms with E-state index in [1.165, 1.54) is 0 Å². The van der Waals surface area contributed by atoms with Crippen LogP contribution in [0.4, 0.5) is 5.95 Å². The van der Waals surface area contributed by atoms with E-state index in [-0.39, 0.29) is 18.0 Å². The second kappa shape index (κ2) is 5.72.